The fourth-order valence-electron chi connectivity index (χ4n) is 1.39. The maximum Gasteiger partial charge on any atom is 0.251 e. The third-order valence-electron chi connectivity index (χ3n) is 2.17. The lowest BCUT2D eigenvalue weighted by Crippen LogP contribution is -2.26. The first-order valence-electron chi connectivity index (χ1n) is 4.90. The smallest absolute Gasteiger partial charge is 0.251 e. The first kappa shape index (κ1) is 10.5. The van der Waals surface area contributed by atoms with Crippen LogP contribution >= 0.6 is 0 Å². The van der Waals surface area contributed by atoms with Gasteiger partial charge in [0.15, 0.2) is 0 Å². The highest BCUT2D eigenvalue weighted by molar-refractivity contribution is 5.97. The van der Waals surface area contributed by atoms with Gasteiger partial charge in [0.25, 0.3) is 5.91 Å². The number of benzene rings is 1. The molecule has 2 rings (SSSR count). The van der Waals surface area contributed by atoms with E-state index in [-0.39, 0.29) is 19.1 Å². The predicted octanol–water partition coefficient (Wildman–Crippen LogP) is 0.352. The number of aliphatic hydroxyl groups is 1. The summed E-state index contributed by atoms with van der Waals surface area (Å²) in [5, 5.41) is 12.1. The van der Waals surface area contributed by atoms with E-state index in [0.717, 1.165) is 10.9 Å². The number of carbonyl (C=O) groups excluding carboxylic acids is 1. The summed E-state index contributed by atoms with van der Waals surface area (Å²) in [6.45, 7) is 0.183. The van der Waals surface area contributed by atoms with Gasteiger partial charge in [-0.15, -0.1) is 0 Å². The Bertz CT molecular complexity index is 513. The Morgan fingerprint density at radius 1 is 1.44 bits per heavy atom. The number of hydrogen-bond acceptors (Lipinski definition) is 4. The second-order valence-electron chi connectivity index (χ2n) is 3.28. The molecule has 2 N–H and O–H groups in total. The summed E-state index contributed by atoms with van der Waals surface area (Å²) in [7, 11) is 0. The molecule has 0 saturated carbocycles. The van der Waals surface area contributed by atoms with Gasteiger partial charge >= 0.3 is 0 Å². The van der Waals surface area contributed by atoms with Gasteiger partial charge in [0.05, 0.1) is 12.1 Å². The molecule has 0 unspecified atom stereocenters. The van der Waals surface area contributed by atoms with Gasteiger partial charge in [-0.25, -0.2) is 9.97 Å². The largest absolute Gasteiger partial charge is 0.395 e. The van der Waals surface area contributed by atoms with Gasteiger partial charge in [-0.1, -0.05) is 6.07 Å². The summed E-state index contributed by atoms with van der Waals surface area (Å²) in [5.41, 5.74) is 1.26. The monoisotopic (exact) mass is 217 g/mol. The average molecular weight is 217 g/mol. The normalized spacial score (nSPS) is 10.3. The molecule has 0 aliphatic rings. The minimum Gasteiger partial charge on any atom is -0.395 e. The van der Waals surface area contributed by atoms with Gasteiger partial charge in [0.2, 0.25) is 0 Å². The van der Waals surface area contributed by atoms with E-state index in [1.165, 1.54) is 6.33 Å². The Kier molecular flexibility index (Phi) is 3.07. The summed E-state index contributed by atoms with van der Waals surface area (Å²) in [4.78, 5) is 19.5. The highest BCUT2D eigenvalue weighted by atomic mass is 16.3. The van der Waals surface area contributed by atoms with Crippen LogP contribution < -0.4 is 5.32 Å². The van der Waals surface area contributed by atoms with Crippen LogP contribution in [0.15, 0.2) is 30.7 Å². The topological polar surface area (TPSA) is 75.1 Å². The lowest BCUT2D eigenvalue weighted by molar-refractivity contribution is 0.0945. The van der Waals surface area contributed by atoms with Crippen LogP contribution in [-0.4, -0.2) is 34.1 Å². The van der Waals surface area contributed by atoms with Crippen LogP contribution in [0, 0.1) is 0 Å². The summed E-state index contributed by atoms with van der Waals surface area (Å²) in [6, 6.07) is 5.20. The van der Waals surface area contributed by atoms with E-state index in [2.05, 4.69) is 15.3 Å². The third-order valence-corrected chi connectivity index (χ3v) is 2.17. The summed E-state index contributed by atoms with van der Waals surface area (Å²) >= 11 is 0. The molecule has 1 aromatic carbocycles. The zero-order valence-electron chi connectivity index (χ0n) is 8.55. The molecule has 0 aliphatic heterocycles. The van der Waals surface area contributed by atoms with E-state index in [9.17, 15) is 4.79 Å². The predicted molar refractivity (Wildman–Crippen MR) is 59.0 cm³/mol. The molecule has 0 aliphatic carbocycles. The van der Waals surface area contributed by atoms with Crippen molar-refractivity contribution in [1.82, 2.24) is 15.3 Å². The number of nitrogens with one attached hydrogen (secondary N) is 1. The zero-order valence-corrected chi connectivity index (χ0v) is 8.55. The Morgan fingerprint density at radius 2 is 2.31 bits per heavy atom. The first-order chi connectivity index (χ1) is 7.81. The van der Waals surface area contributed by atoms with Crippen LogP contribution in [0.1, 0.15) is 10.4 Å². The van der Waals surface area contributed by atoms with E-state index in [1.807, 2.05) is 0 Å². The van der Waals surface area contributed by atoms with Crippen molar-refractivity contribution >= 4 is 16.8 Å². The number of amides is 1. The molecule has 0 fully saturated rings. The fourth-order valence-corrected chi connectivity index (χ4v) is 1.39. The van der Waals surface area contributed by atoms with E-state index >= 15 is 0 Å². The molecule has 1 aromatic heterocycles. The Balaban J connectivity index is 2.28. The van der Waals surface area contributed by atoms with Gasteiger partial charge in [-0.3, -0.25) is 4.79 Å². The number of hydrogen-bond donors (Lipinski definition) is 2. The number of nitrogens with zero attached hydrogens (tertiary/aromatic N) is 2. The minimum absolute atomic E-state index is 0.0680. The highest BCUT2D eigenvalue weighted by Gasteiger charge is 2.05. The summed E-state index contributed by atoms with van der Waals surface area (Å²) in [6.07, 6.45) is 3.13. The molecular weight excluding hydrogens is 206 g/mol. The molecule has 1 heterocycles. The van der Waals surface area contributed by atoms with Crippen LogP contribution in [-0.2, 0) is 0 Å². The van der Waals surface area contributed by atoms with E-state index in [0.29, 0.717) is 5.56 Å². The molecule has 0 saturated heterocycles. The zero-order chi connectivity index (χ0) is 11.4. The number of aliphatic hydroxyl groups excluding tert-OH is 1. The molecule has 5 heteroatoms. The third kappa shape index (κ3) is 2.14. The molecule has 0 radical (unpaired) electrons. The van der Waals surface area contributed by atoms with Crippen LogP contribution in [0.3, 0.4) is 0 Å². The molecule has 2 aromatic rings. The van der Waals surface area contributed by atoms with Crippen molar-refractivity contribution in [3.63, 3.8) is 0 Å². The number of aromatic nitrogens is 2. The lowest BCUT2D eigenvalue weighted by atomic mass is 10.1. The van der Waals surface area contributed by atoms with E-state index in [1.54, 1.807) is 24.4 Å². The molecule has 82 valence electrons. The molecular formula is C11H11N3O2. The second-order valence-corrected chi connectivity index (χ2v) is 3.28. The Hall–Kier alpha value is -2.01. The van der Waals surface area contributed by atoms with Crippen molar-refractivity contribution in [3.8, 4) is 0 Å². The van der Waals surface area contributed by atoms with Gasteiger partial charge in [0.1, 0.15) is 6.33 Å². The number of fused-ring (bicyclic) bond motifs is 1. The average Bonchev–Trinajstić information content (AvgIpc) is 2.35. The van der Waals surface area contributed by atoms with Crippen molar-refractivity contribution in [2.75, 3.05) is 13.2 Å². The van der Waals surface area contributed by atoms with Crippen LogP contribution in [0.5, 0.6) is 0 Å². The van der Waals surface area contributed by atoms with Crippen LogP contribution in [0.25, 0.3) is 10.9 Å². The maximum atomic E-state index is 11.6. The van der Waals surface area contributed by atoms with E-state index < -0.39 is 0 Å². The van der Waals surface area contributed by atoms with Crippen molar-refractivity contribution in [2.45, 2.75) is 0 Å². The molecule has 0 atom stereocenters. The summed E-state index contributed by atoms with van der Waals surface area (Å²) < 4.78 is 0. The summed E-state index contributed by atoms with van der Waals surface area (Å²) in [5.74, 6) is -0.213. The quantitative estimate of drug-likeness (QED) is 0.778. The first-order valence-corrected chi connectivity index (χ1v) is 4.90. The van der Waals surface area contributed by atoms with Crippen molar-refractivity contribution in [3.05, 3.63) is 36.3 Å². The van der Waals surface area contributed by atoms with Gasteiger partial charge in [0, 0.05) is 23.7 Å². The molecule has 0 bridgehead atoms. The van der Waals surface area contributed by atoms with Crippen molar-refractivity contribution in [2.24, 2.45) is 0 Å². The standard InChI is InChI=1S/C11H11N3O2/c15-4-3-13-11(16)8-1-2-9-6-12-7-14-10(9)5-8/h1-2,5-7,15H,3-4H2,(H,13,16). The Labute approximate surface area is 92.2 Å². The van der Waals surface area contributed by atoms with Crippen LogP contribution in [0.4, 0.5) is 0 Å². The van der Waals surface area contributed by atoms with E-state index in [4.69, 9.17) is 5.11 Å². The van der Waals surface area contributed by atoms with Crippen molar-refractivity contribution in [1.29, 1.82) is 0 Å². The number of rotatable bonds is 3. The second kappa shape index (κ2) is 4.67. The Morgan fingerprint density at radius 3 is 3.12 bits per heavy atom. The molecule has 16 heavy (non-hydrogen) atoms. The molecule has 5 nitrogen and oxygen atoms in total. The van der Waals surface area contributed by atoms with Crippen LogP contribution in [0.2, 0.25) is 0 Å². The lowest BCUT2D eigenvalue weighted by Gasteiger charge is -2.03. The van der Waals surface area contributed by atoms with Gasteiger partial charge < -0.3 is 10.4 Å². The van der Waals surface area contributed by atoms with Gasteiger partial charge in [-0.05, 0) is 12.1 Å². The van der Waals surface area contributed by atoms with Crippen molar-refractivity contribution < 1.29 is 9.90 Å². The highest BCUT2D eigenvalue weighted by Crippen LogP contribution is 2.11. The SMILES string of the molecule is O=C(NCCO)c1ccc2cncnc2c1. The number of carbonyl (C=O) groups is 1. The molecule has 0 spiro atoms. The molecule has 1 amide bonds. The van der Waals surface area contributed by atoms with Gasteiger partial charge in [-0.2, -0.15) is 0 Å². The fraction of sp³-hybridized carbons (Fsp3) is 0.182. The maximum absolute atomic E-state index is 11.6. The minimum atomic E-state index is -0.213.